The van der Waals surface area contributed by atoms with Crippen LogP contribution >= 0.6 is 0 Å². The largest absolute Gasteiger partial charge is 0.394 e. The summed E-state index contributed by atoms with van der Waals surface area (Å²) in [6.07, 6.45) is 56.3. The molecule has 5 nitrogen and oxygen atoms in total. The minimum absolute atomic E-state index is 0.149. The van der Waals surface area contributed by atoms with Crippen LogP contribution in [-0.2, 0) is 4.79 Å². The molecule has 3 unspecified atom stereocenters. The van der Waals surface area contributed by atoms with Gasteiger partial charge in [0, 0.05) is 6.42 Å². The normalized spacial score (nSPS) is 13.4. The first kappa shape index (κ1) is 55.1. The molecule has 0 aromatic carbocycles. The molecule has 4 N–H and O–H groups in total. The fraction of sp³-hybridized carbons (Fsp3) is 0.941. The quantitative estimate of drug-likeness (QED) is 0.0365. The monoisotopic (exact) mass is 792 g/mol. The standard InChI is InChI=1S/C51H101NO4/c1-3-5-7-9-11-13-15-17-19-21-23-24-25-26-27-28-29-31-33-35-37-39-41-43-45-49(54)51(56)48(47-53)52-50(55)46-44-42-40-38-36-34-32-30-22-20-18-16-14-12-10-8-6-4-2/h30,32,48-49,51,53-54,56H,3-29,31,33-47H2,1-2H3,(H,52,55)/b32-30-. The van der Waals surface area contributed by atoms with E-state index in [-0.39, 0.29) is 12.5 Å². The van der Waals surface area contributed by atoms with Gasteiger partial charge in [-0.05, 0) is 38.5 Å². The molecule has 0 radical (unpaired) electrons. The number of aliphatic hydroxyl groups excluding tert-OH is 3. The molecule has 5 heteroatoms. The zero-order valence-electron chi connectivity index (χ0n) is 38.0. The average Bonchev–Trinajstić information content (AvgIpc) is 3.20. The van der Waals surface area contributed by atoms with Gasteiger partial charge in [-0.3, -0.25) is 4.79 Å². The minimum atomic E-state index is -1.14. The highest BCUT2D eigenvalue weighted by atomic mass is 16.3. The van der Waals surface area contributed by atoms with Gasteiger partial charge < -0.3 is 20.6 Å². The van der Waals surface area contributed by atoms with E-state index in [1.54, 1.807) is 0 Å². The van der Waals surface area contributed by atoms with Crippen molar-refractivity contribution in [3.05, 3.63) is 12.2 Å². The molecule has 0 spiro atoms. The number of allylic oxidation sites excluding steroid dienone is 2. The highest BCUT2D eigenvalue weighted by Gasteiger charge is 2.26. The van der Waals surface area contributed by atoms with Gasteiger partial charge in [0.2, 0.25) is 5.91 Å². The Morgan fingerprint density at radius 2 is 0.714 bits per heavy atom. The molecule has 0 saturated carbocycles. The number of carbonyl (C=O) groups is 1. The number of aliphatic hydroxyl groups is 3. The number of unbranched alkanes of at least 4 members (excludes halogenated alkanes) is 37. The van der Waals surface area contributed by atoms with E-state index in [4.69, 9.17) is 0 Å². The minimum Gasteiger partial charge on any atom is -0.394 e. The second kappa shape index (κ2) is 46.8. The van der Waals surface area contributed by atoms with Gasteiger partial charge in [0.1, 0.15) is 6.10 Å². The van der Waals surface area contributed by atoms with Crippen LogP contribution in [0.2, 0.25) is 0 Å². The Morgan fingerprint density at radius 3 is 1.04 bits per heavy atom. The second-order valence-electron chi connectivity index (χ2n) is 17.7. The van der Waals surface area contributed by atoms with Crippen LogP contribution in [-0.4, -0.2) is 46.1 Å². The number of hydrogen-bond acceptors (Lipinski definition) is 4. The predicted molar refractivity (Wildman–Crippen MR) is 245 cm³/mol. The molecular formula is C51H101NO4. The van der Waals surface area contributed by atoms with Crippen LogP contribution in [0.3, 0.4) is 0 Å². The van der Waals surface area contributed by atoms with Gasteiger partial charge in [-0.25, -0.2) is 0 Å². The summed E-state index contributed by atoms with van der Waals surface area (Å²) >= 11 is 0. The van der Waals surface area contributed by atoms with Crippen molar-refractivity contribution in [2.45, 2.75) is 302 Å². The summed E-state index contributed by atoms with van der Waals surface area (Å²) in [7, 11) is 0. The van der Waals surface area contributed by atoms with Crippen LogP contribution < -0.4 is 5.32 Å². The molecule has 3 atom stereocenters. The van der Waals surface area contributed by atoms with Crippen molar-refractivity contribution < 1.29 is 20.1 Å². The Hall–Kier alpha value is -0.910. The van der Waals surface area contributed by atoms with E-state index < -0.39 is 18.2 Å². The fourth-order valence-electron chi connectivity index (χ4n) is 8.16. The molecule has 56 heavy (non-hydrogen) atoms. The van der Waals surface area contributed by atoms with Crippen molar-refractivity contribution in [1.82, 2.24) is 5.32 Å². The Bertz CT molecular complexity index is 788. The van der Waals surface area contributed by atoms with Crippen molar-refractivity contribution in [3.8, 4) is 0 Å². The number of amides is 1. The van der Waals surface area contributed by atoms with Crippen molar-refractivity contribution >= 4 is 5.91 Å². The fourth-order valence-corrected chi connectivity index (χ4v) is 8.16. The van der Waals surface area contributed by atoms with Gasteiger partial charge in [0.15, 0.2) is 0 Å². The summed E-state index contributed by atoms with van der Waals surface area (Å²) in [6.45, 7) is 4.20. The van der Waals surface area contributed by atoms with Crippen LogP contribution in [0.5, 0.6) is 0 Å². The van der Waals surface area contributed by atoms with Crippen molar-refractivity contribution in [2.75, 3.05) is 6.61 Å². The van der Waals surface area contributed by atoms with Crippen LogP contribution in [0.15, 0.2) is 12.2 Å². The zero-order valence-corrected chi connectivity index (χ0v) is 38.0. The molecule has 0 aromatic rings. The lowest BCUT2D eigenvalue weighted by atomic mass is 9.99. The maximum Gasteiger partial charge on any atom is 0.220 e. The van der Waals surface area contributed by atoms with Gasteiger partial charge in [0.25, 0.3) is 0 Å². The molecular weight excluding hydrogens is 691 g/mol. The first-order chi connectivity index (χ1) is 27.6. The molecule has 0 aliphatic rings. The molecule has 0 saturated heterocycles. The van der Waals surface area contributed by atoms with E-state index in [1.807, 2.05) is 0 Å². The maximum absolute atomic E-state index is 12.5. The van der Waals surface area contributed by atoms with E-state index in [0.29, 0.717) is 12.8 Å². The molecule has 0 aliphatic heterocycles. The first-order valence-corrected chi connectivity index (χ1v) is 25.5. The van der Waals surface area contributed by atoms with Gasteiger partial charge >= 0.3 is 0 Å². The Balaban J connectivity index is 3.55. The molecule has 0 heterocycles. The van der Waals surface area contributed by atoms with Gasteiger partial charge in [-0.1, -0.05) is 251 Å². The maximum atomic E-state index is 12.5. The van der Waals surface area contributed by atoms with Crippen molar-refractivity contribution in [1.29, 1.82) is 0 Å². The topological polar surface area (TPSA) is 89.8 Å². The molecule has 0 bridgehead atoms. The van der Waals surface area contributed by atoms with Crippen LogP contribution in [0.4, 0.5) is 0 Å². The highest BCUT2D eigenvalue weighted by molar-refractivity contribution is 5.76. The highest BCUT2D eigenvalue weighted by Crippen LogP contribution is 2.17. The molecule has 0 fully saturated rings. The zero-order chi connectivity index (χ0) is 40.8. The van der Waals surface area contributed by atoms with Crippen molar-refractivity contribution in [2.24, 2.45) is 0 Å². The Kier molecular flexibility index (Phi) is 46.0. The summed E-state index contributed by atoms with van der Waals surface area (Å²) in [5.41, 5.74) is 0. The van der Waals surface area contributed by atoms with Crippen LogP contribution in [0, 0.1) is 0 Å². The first-order valence-electron chi connectivity index (χ1n) is 25.5. The van der Waals surface area contributed by atoms with Gasteiger partial charge in [-0.15, -0.1) is 0 Å². The predicted octanol–water partition coefficient (Wildman–Crippen LogP) is 15.2. The molecule has 0 rings (SSSR count). The SMILES string of the molecule is CCCCCCCCCCC/C=C\CCCCCCCC(=O)NC(CO)C(O)C(O)CCCCCCCCCCCCCCCCCCCCCCCCCC. The smallest absolute Gasteiger partial charge is 0.220 e. The van der Waals surface area contributed by atoms with Gasteiger partial charge in [0.05, 0.1) is 18.8 Å². The summed E-state index contributed by atoms with van der Waals surface area (Å²) < 4.78 is 0. The lowest BCUT2D eigenvalue weighted by Gasteiger charge is -2.26. The third-order valence-electron chi connectivity index (χ3n) is 12.1. The molecule has 0 aliphatic carbocycles. The molecule has 334 valence electrons. The summed E-state index contributed by atoms with van der Waals surface area (Å²) in [4.78, 5) is 12.5. The van der Waals surface area contributed by atoms with E-state index >= 15 is 0 Å². The third kappa shape index (κ3) is 41.3. The van der Waals surface area contributed by atoms with Crippen molar-refractivity contribution in [3.63, 3.8) is 0 Å². The lowest BCUT2D eigenvalue weighted by Crippen LogP contribution is -2.50. The van der Waals surface area contributed by atoms with Crippen LogP contribution in [0.1, 0.15) is 284 Å². The Labute approximate surface area is 350 Å². The van der Waals surface area contributed by atoms with E-state index in [1.165, 1.54) is 212 Å². The molecule has 0 aromatic heterocycles. The lowest BCUT2D eigenvalue weighted by molar-refractivity contribution is -0.124. The van der Waals surface area contributed by atoms with Crippen LogP contribution in [0.25, 0.3) is 0 Å². The summed E-state index contributed by atoms with van der Waals surface area (Å²) in [6, 6.07) is -0.811. The van der Waals surface area contributed by atoms with E-state index in [2.05, 4.69) is 31.3 Å². The summed E-state index contributed by atoms with van der Waals surface area (Å²) in [5, 5.41) is 33.7. The molecule has 1 amide bonds. The summed E-state index contributed by atoms with van der Waals surface area (Å²) in [5.74, 6) is -0.149. The van der Waals surface area contributed by atoms with Gasteiger partial charge in [-0.2, -0.15) is 0 Å². The number of hydrogen-bond donors (Lipinski definition) is 4. The van der Waals surface area contributed by atoms with E-state index in [9.17, 15) is 20.1 Å². The third-order valence-corrected chi connectivity index (χ3v) is 12.1. The number of carbonyl (C=O) groups excluding carboxylic acids is 1. The van der Waals surface area contributed by atoms with E-state index in [0.717, 1.165) is 44.9 Å². The Morgan fingerprint density at radius 1 is 0.429 bits per heavy atom. The number of rotatable bonds is 47. The second-order valence-corrected chi connectivity index (χ2v) is 17.7. The average molecular weight is 792 g/mol. The number of nitrogens with one attached hydrogen (secondary N) is 1.